The molecule has 2 atom stereocenters. The van der Waals surface area contributed by atoms with Crippen LogP contribution >= 0.6 is 0 Å². The molecule has 0 aromatic heterocycles. The standard InChI is InChI=1S/C12H14N2O5/c13-9(15)6-19-10(16)5-14-11(17)7-3-1-2-4-8(7)12(14)18/h1-2,7-8H,3-6H2,(H2,13,15)/t7-,8+. The molecule has 1 heterocycles. The number of hydrogen-bond donors (Lipinski definition) is 1. The highest BCUT2D eigenvalue weighted by atomic mass is 16.5. The van der Waals surface area contributed by atoms with Gasteiger partial charge < -0.3 is 10.5 Å². The minimum Gasteiger partial charge on any atom is -0.454 e. The first-order valence-corrected chi connectivity index (χ1v) is 5.95. The number of fused-ring (bicyclic) bond motifs is 1. The summed E-state index contributed by atoms with van der Waals surface area (Å²) in [5, 5.41) is 0. The number of likely N-dealkylation sites (tertiary alicyclic amines) is 1. The van der Waals surface area contributed by atoms with Gasteiger partial charge in [0.15, 0.2) is 6.61 Å². The van der Waals surface area contributed by atoms with Crippen molar-refractivity contribution in [2.24, 2.45) is 17.6 Å². The topological polar surface area (TPSA) is 107 Å². The Hall–Kier alpha value is -2.18. The van der Waals surface area contributed by atoms with Gasteiger partial charge in [0, 0.05) is 0 Å². The van der Waals surface area contributed by atoms with Crippen molar-refractivity contribution in [2.75, 3.05) is 13.2 Å². The molecule has 7 nitrogen and oxygen atoms in total. The number of primary amides is 1. The normalized spacial score (nSPS) is 25.4. The van der Waals surface area contributed by atoms with E-state index < -0.39 is 25.0 Å². The molecule has 0 saturated carbocycles. The molecular formula is C12H14N2O5. The van der Waals surface area contributed by atoms with Crippen LogP contribution in [0.1, 0.15) is 12.8 Å². The molecule has 0 bridgehead atoms. The zero-order chi connectivity index (χ0) is 14.0. The van der Waals surface area contributed by atoms with E-state index in [9.17, 15) is 19.2 Å². The Labute approximate surface area is 109 Å². The fourth-order valence-corrected chi connectivity index (χ4v) is 2.35. The molecule has 0 unspecified atom stereocenters. The van der Waals surface area contributed by atoms with Crippen LogP contribution in [-0.4, -0.2) is 41.7 Å². The SMILES string of the molecule is NC(=O)COC(=O)CN1C(=O)[C@H]2CC=CC[C@H]2C1=O. The van der Waals surface area contributed by atoms with Crippen molar-refractivity contribution in [3.63, 3.8) is 0 Å². The average Bonchev–Trinajstić information content (AvgIpc) is 2.62. The highest BCUT2D eigenvalue weighted by Crippen LogP contribution is 2.34. The minimum absolute atomic E-state index is 0.352. The van der Waals surface area contributed by atoms with Crippen LogP contribution in [0.25, 0.3) is 0 Å². The number of rotatable bonds is 4. The molecule has 0 spiro atoms. The number of ether oxygens (including phenoxy) is 1. The molecule has 0 radical (unpaired) electrons. The fourth-order valence-electron chi connectivity index (χ4n) is 2.35. The Morgan fingerprint density at radius 1 is 1.21 bits per heavy atom. The second kappa shape index (κ2) is 5.21. The lowest BCUT2D eigenvalue weighted by Gasteiger charge is -2.14. The molecule has 102 valence electrons. The molecule has 2 aliphatic rings. The maximum atomic E-state index is 12.0. The van der Waals surface area contributed by atoms with Gasteiger partial charge in [-0.2, -0.15) is 0 Å². The van der Waals surface area contributed by atoms with Gasteiger partial charge in [0.05, 0.1) is 11.8 Å². The largest absolute Gasteiger partial charge is 0.454 e. The van der Waals surface area contributed by atoms with Crippen LogP contribution in [0.3, 0.4) is 0 Å². The van der Waals surface area contributed by atoms with E-state index in [1.54, 1.807) is 0 Å². The zero-order valence-corrected chi connectivity index (χ0v) is 10.2. The number of esters is 1. The Morgan fingerprint density at radius 3 is 2.21 bits per heavy atom. The molecular weight excluding hydrogens is 252 g/mol. The Balaban J connectivity index is 1.98. The number of carbonyl (C=O) groups excluding carboxylic acids is 4. The highest BCUT2D eigenvalue weighted by Gasteiger charge is 2.47. The first-order valence-electron chi connectivity index (χ1n) is 5.95. The van der Waals surface area contributed by atoms with Gasteiger partial charge in [-0.3, -0.25) is 24.1 Å². The van der Waals surface area contributed by atoms with Crippen molar-refractivity contribution in [1.82, 2.24) is 4.90 Å². The van der Waals surface area contributed by atoms with Crippen molar-refractivity contribution < 1.29 is 23.9 Å². The Bertz CT molecular complexity index is 445. The second-order valence-electron chi connectivity index (χ2n) is 4.55. The van der Waals surface area contributed by atoms with Gasteiger partial charge in [-0.1, -0.05) is 12.2 Å². The van der Waals surface area contributed by atoms with Crippen LogP contribution in [0.5, 0.6) is 0 Å². The summed E-state index contributed by atoms with van der Waals surface area (Å²) in [5.41, 5.74) is 4.83. The van der Waals surface area contributed by atoms with Gasteiger partial charge in [-0.15, -0.1) is 0 Å². The van der Waals surface area contributed by atoms with Crippen LogP contribution in [-0.2, 0) is 23.9 Å². The quantitative estimate of drug-likeness (QED) is 0.397. The third kappa shape index (κ3) is 2.64. The van der Waals surface area contributed by atoms with E-state index in [4.69, 9.17) is 5.73 Å². The second-order valence-corrected chi connectivity index (χ2v) is 4.55. The lowest BCUT2D eigenvalue weighted by atomic mass is 9.85. The molecule has 7 heteroatoms. The molecule has 2 rings (SSSR count). The summed E-state index contributed by atoms with van der Waals surface area (Å²) in [6, 6.07) is 0. The van der Waals surface area contributed by atoms with Gasteiger partial charge in [0.1, 0.15) is 6.54 Å². The molecule has 0 aromatic rings. The van der Waals surface area contributed by atoms with E-state index in [1.165, 1.54) is 0 Å². The van der Waals surface area contributed by atoms with Gasteiger partial charge in [-0.05, 0) is 12.8 Å². The molecule has 1 aliphatic carbocycles. The number of nitrogens with two attached hydrogens (primary N) is 1. The molecule has 2 N–H and O–H groups in total. The zero-order valence-electron chi connectivity index (χ0n) is 10.2. The molecule has 1 fully saturated rings. The lowest BCUT2D eigenvalue weighted by Crippen LogP contribution is -2.37. The Kier molecular flexibility index (Phi) is 3.64. The Morgan fingerprint density at radius 2 is 1.74 bits per heavy atom. The van der Waals surface area contributed by atoms with Gasteiger partial charge in [0.25, 0.3) is 5.91 Å². The number of allylic oxidation sites excluding steroid dienone is 2. The number of nitrogens with zero attached hydrogens (tertiary/aromatic N) is 1. The van der Waals surface area contributed by atoms with Gasteiger partial charge in [-0.25, -0.2) is 0 Å². The smallest absolute Gasteiger partial charge is 0.326 e. The fraction of sp³-hybridized carbons (Fsp3) is 0.500. The first kappa shape index (κ1) is 13.3. The van der Waals surface area contributed by atoms with Crippen LogP contribution in [0.2, 0.25) is 0 Å². The number of amides is 3. The van der Waals surface area contributed by atoms with Crippen molar-refractivity contribution in [3.05, 3.63) is 12.2 Å². The predicted molar refractivity (Wildman–Crippen MR) is 62.2 cm³/mol. The van der Waals surface area contributed by atoms with Crippen LogP contribution in [0.15, 0.2) is 12.2 Å². The number of imide groups is 1. The van der Waals surface area contributed by atoms with E-state index >= 15 is 0 Å². The summed E-state index contributed by atoms with van der Waals surface area (Å²) in [4.78, 5) is 46.8. The first-order chi connectivity index (χ1) is 9.00. The average molecular weight is 266 g/mol. The summed E-state index contributed by atoms with van der Waals surface area (Å²) in [5.74, 6) is -3.05. The van der Waals surface area contributed by atoms with Crippen LogP contribution < -0.4 is 5.73 Å². The molecule has 1 saturated heterocycles. The predicted octanol–water partition coefficient (Wildman–Crippen LogP) is -1.03. The third-order valence-electron chi connectivity index (χ3n) is 3.26. The maximum Gasteiger partial charge on any atom is 0.326 e. The van der Waals surface area contributed by atoms with Crippen molar-refractivity contribution >= 4 is 23.7 Å². The lowest BCUT2D eigenvalue weighted by molar-refractivity contribution is -0.154. The molecule has 3 amide bonds. The van der Waals surface area contributed by atoms with Gasteiger partial charge >= 0.3 is 5.97 Å². The monoisotopic (exact) mass is 266 g/mol. The molecule has 1 aliphatic heterocycles. The van der Waals surface area contributed by atoms with Crippen molar-refractivity contribution in [1.29, 1.82) is 0 Å². The highest BCUT2D eigenvalue weighted by molar-refractivity contribution is 6.07. The third-order valence-corrected chi connectivity index (χ3v) is 3.26. The minimum atomic E-state index is -0.813. The maximum absolute atomic E-state index is 12.0. The summed E-state index contributed by atoms with van der Waals surface area (Å²) >= 11 is 0. The molecule has 19 heavy (non-hydrogen) atoms. The van der Waals surface area contributed by atoms with E-state index in [0.29, 0.717) is 12.8 Å². The van der Waals surface area contributed by atoms with Crippen molar-refractivity contribution in [2.45, 2.75) is 12.8 Å². The van der Waals surface area contributed by atoms with Crippen molar-refractivity contribution in [3.8, 4) is 0 Å². The molecule has 0 aromatic carbocycles. The summed E-state index contributed by atoms with van der Waals surface area (Å²) < 4.78 is 4.54. The van der Waals surface area contributed by atoms with E-state index in [0.717, 1.165) is 4.90 Å². The van der Waals surface area contributed by atoms with E-state index in [-0.39, 0.29) is 23.7 Å². The summed E-state index contributed by atoms with van der Waals surface area (Å²) in [6.45, 7) is -1.01. The number of hydrogen-bond acceptors (Lipinski definition) is 5. The summed E-state index contributed by atoms with van der Waals surface area (Å²) in [7, 11) is 0. The van der Waals surface area contributed by atoms with E-state index in [1.807, 2.05) is 12.2 Å². The number of carbonyl (C=O) groups is 4. The summed E-state index contributed by atoms with van der Waals surface area (Å²) in [6.07, 6.45) is 4.76. The van der Waals surface area contributed by atoms with E-state index in [2.05, 4.69) is 4.74 Å². The van der Waals surface area contributed by atoms with Crippen LogP contribution in [0, 0.1) is 11.8 Å². The van der Waals surface area contributed by atoms with Gasteiger partial charge in [0.2, 0.25) is 11.8 Å². The van der Waals surface area contributed by atoms with Crippen LogP contribution in [0.4, 0.5) is 0 Å².